The van der Waals surface area contributed by atoms with Crippen molar-refractivity contribution in [1.82, 2.24) is 5.32 Å². The third-order valence-electron chi connectivity index (χ3n) is 3.30. The molecule has 2 aromatic carbocycles. The van der Waals surface area contributed by atoms with Crippen molar-refractivity contribution in [2.45, 2.75) is 19.4 Å². The molecule has 4 nitrogen and oxygen atoms in total. The lowest BCUT2D eigenvalue weighted by molar-refractivity contribution is 0.222. The number of carbonyl (C=O) groups excluding carboxylic acids is 1. The summed E-state index contributed by atoms with van der Waals surface area (Å²) in [5.41, 5.74) is 2.96. The Bertz CT molecular complexity index is 563. The molecule has 1 unspecified atom stereocenters. The highest BCUT2D eigenvalue weighted by atomic mass is 16.3. The van der Waals surface area contributed by atoms with E-state index in [0.717, 1.165) is 16.8 Å². The van der Waals surface area contributed by atoms with Crippen LogP contribution in [0.15, 0.2) is 54.6 Å². The molecule has 1 atom stereocenters. The second-order valence-corrected chi connectivity index (χ2v) is 4.83. The number of benzene rings is 2. The molecule has 4 heteroatoms. The first-order valence-electron chi connectivity index (χ1n) is 7.06. The minimum Gasteiger partial charge on any atom is -0.394 e. The van der Waals surface area contributed by atoms with E-state index in [-0.39, 0.29) is 18.7 Å². The Morgan fingerprint density at radius 3 is 2.24 bits per heavy atom. The van der Waals surface area contributed by atoms with Gasteiger partial charge in [0.25, 0.3) is 0 Å². The van der Waals surface area contributed by atoms with Crippen LogP contribution in [0.5, 0.6) is 0 Å². The Hall–Kier alpha value is -2.33. The van der Waals surface area contributed by atoms with Crippen molar-refractivity contribution < 1.29 is 9.90 Å². The molecule has 0 spiro atoms. The van der Waals surface area contributed by atoms with Crippen LogP contribution in [0.2, 0.25) is 0 Å². The van der Waals surface area contributed by atoms with Crippen molar-refractivity contribution in [2.75, 3.05) is 11.9 Å². The van der Waals surface area contributed by atoms with Crippen LogP contribution in [0.3, 0.4) is 0 Å². The number of anilines is 1. The summed E-state index contributed by atoms with van der Waals surface area (Å²) >= 11 is 0. The van der Waals surface area contributed by atoms with E-state index in [1.165, 1.54) is 0 Å². The molecule has 2 rings (SSSR count). The molecular weight excluding hydrogens is 264 g/mol. The Balaban J connectivity index is 1.98. The number of aliphatic hydroxyl groups is 1. The average molecular weight is 284 g/mol. The molecule has 0 heterocycles. The van der Waals surface area contributed by atoms with Crippen LogP contribution in [-0.4, -0.2) is 23.8 Å². The topological polar surface area (TPSA) is 61.4 Å². The molecule has 0 bridgehead atoms. The molecule has 21 heavy (non-hydrogen) atoms. The lowest BCUT2D eigenvalue weighted by Crippen LogP contribution is -2.39. The predicted octanol–water partition coefficient (Wildman–Crippen LogP) is 3.25. The standard InChI is InChI=1S/C17H20N2O2/c1-2-15(12-20)18-17(21)19-16-10-8-14(9-11-16)13-6-4-3-5-7-13/h3-11,15,20H,2,12H2,1H3,(H2,18,19,21). The van der Waals surface area contributed by atoms with E-state index in [0.29, 0.717) is 6.42 Å². The van der Waals surface area contributed by atoms with Gasteiger partial charge in [-0.15, -0.1) is 0 Å². The number of aliphatic hydroxyl groups excluding tert-OH is 1. The van der Waals surface area contributed by atoms with E-state index in [1.54, 1.807) is 0 Å². The van der Waals surface area contributed by atoms with Crippen molar-refractivity contribution in [2.24, 2.45) is 0 Å². The average Bonchev–Trinajstić information content (AvgIpc) is 2.54. The zero-order chi connectivity index (χ0) is 15.1. The third kappa shape index (κ3) is 4.33. The van der Waals surface area contributed by atoms with Crippen molar-refractivity contribution in [3.8, 4) is 11.1 Å². The number of rotatable bonds is 5. The van der Waals surface area contributed by atoms with E-state index in [4.69, 9.17) is 5.11 Å². The molecule has 0 radical (unpaired) electrons. The fourth-order valence-electron chi connectivity index (χ4n) is 2.01. The summed E-state index contributed by atoms with van der Waals surface area (Å²) in [5, 5.41) is 14.5. The van der Waals surface area contributed by atoms with Crippen LogP contribution in [0.4, 0.5) is 10.5 Å². The monoisotopic (exact) mass is 284 g/mol. The van der Waals surface area contributed by atoms with Crippen molar-refractivity contribution in [3.05, 3.63) is 54.6 Å². The van der Waals surface area contributed by atoms with Crippen molar-refractivity contribution in [3.63, 3.8) is 0 Å². The van der Waals surface area contributed by atoms with Gasteiger partial charge in [-0.3, -0.25) is 0 Å². The first-order valence-corrected chi connectivity index (χ1v) is 7.06. The van der Waals surface area contributed by atoms with E-state index in [9.17, 15) is 4.79 Å². The predicted molar refractivity (Wildman–Crippen MR) is 85.2 cm³/mol. The summed E-state index contributed by atoms with van der Waals surface area (Å²) in [7, 11) is 0. The van der Waals surface area contributed by atoms with Gasteiger partial charge in [-0.25, -0.2) is 4.79 Å². The number of hydrogen-bond acceptors (Lipinski definition) is 2. The maximum absolute atomic E-state index is 11.8. The van der Waals surface area contributed by atoms with Gasteiger partial charge in [0.05, 0.1) is 12.6 Å². The van der Waals surface area contributed by atoms with E-state index in [1.807, 2.05) is 61.5 Å². The highest BCUT2D eigenvalue weighted by Gasteiger charge is 2.08. The fraction of sp³-hybridized carbons (Fsp3) is 0.235. The molecule has 2 aromatic rings. The summed E-state index contributed by atoms with van der Waals surface area (Å²) < 4.78 is 0. The molecule has 2 amide bonds. The van der Waals surface area contributed by atoms with Gasteiger partial charge in [-0.1, -0.05) is 49.4 Å². The van der Waals surface area contributed by atoms with E-state index in [2.05, 4.69) is 10.6 Å². The Morgan fingerprint density at radius 1 is 1.05 bits per heavy atom. The second kappa shape index (κ2) is 7.45. The van der Waals surface area contributed by atoms with Crippen molar-refractivity contribution in [1.29, 1.82) is 0 Å². The summed E-state index contributed by atoms with van der Waals surface area (Å²) in [6.45, 7) is 1.85. The molecule has 0 saturated carbocycles. The van der Waals surface area contributed by atoms with E-state index < -0.39 is 0 Å². The first kappa shape index (κ1) is 15.1. The summed E-state index contributed by atoms with van der Waals surface area (Å²) in [6, 6.07) is 17.2. The number of amides is 2. The van der Waals surface area contributed by atoms with Gasteiger partial charge < -0.3 is 15.7 Å². The molecule has 0 fully saturated rings. The highest BCUT2D eigenvalue weighted by Crippen LogP contribution is 2.20. The largest absolute Gasteiger partial charge is 0.394 e. The van der Waals surface area contributed by atoms with Gasteiger partial charge in [0.2, 0.25) is 0 Å². The zero-order valence-corrected chi connectivity index (χ0v) is 12.0. The minimum absolute atomic E-state index is 0.0587. The van der Waals surface area contributed by atoms with Crippen LogP contribution in [0, 0.1) is 0 Å². The third-order valence-corrected chi connectivity index (χ3v) is 3.30. The summed E-state index contributed by atoms with van der Waals surface area (Å²) in [5.74, 6) is 0. The molecule has 0 aromatic heterocycles. The SMILES string of the molecule is CCC(CO)NC(=O)Nc1ccc(-c2ccccc2)cc1. The molecule has 0 saturated heterocycles. The molecule has 0 aliphatic heterocycles. The molecule has 0 aliphatic rings. The van der Waals surface area contributed by atoms with E-state index >= 15 is 0 Å². The van der Waals surface area contributed by atoms with Crippen LogP contribution >= 0.6 is 0 Å². The molecule has 0 aliphatic carbocycles. The van der Waals surface area contributed by atoms with Crippen LogP contribution in [0.25, 0.3) is 11.1 Å². The lowest BCUT2D eigenvalue weighted by atomic mass is 10.1. The van der Waals surface area contributed by atoms with Crippen LogP contribution in [0.1, 0.15) is 13.3 Å². The minimum atomic E-state index is -0.302. The smallest absolute Gasteiger partial charge is 0.319 e. The number of urea groups is 1. The summed E-state index contributed by atoms with van der Waals surface area (Å²) in [6.07, 6.45) is 0.691. The van der Waals surface area contributed by atoms with Gasteiger partial charge in [0.15, 0.2) is 0 Å². The summed E-state index contributed by atoms with van der Waals surface area (Å²) in [4.78, 5) is 11.8. The Labute approximate surface area is 124 Å². The first-order chi connectivity index (χ1) is 10.2. The maximum Gasteiger partial charge on any atom is 0.319 e. The van der Waals surface area contributed by atoms with Gasteiger partial charge >= 0.3 is 6.03 Å². The van der Waals surface area contributed by atoms with Gasteiger partial charge in [-0.05, 0) is 29.7 Å². The number of carbonyl (C=O) groups is 1. The molecular formula is C17H20N2O2. The number of hydrogen-bond donors (Lipinski definition) is 3. The van der Waals surface area contributed by atoms with Gasteiger partial charge in [0.1, 0.15) is 0 Å². The van der Waals surface area contributed by atoms with Crippen molar-refractivity contribution >= 4 is 11.7 Å². The Morgan fingerprint density at radius 2 is 1.67 bits per heavy atom. The molecule has 110 valence electrons. The number of nitrogens with one attached hydrogen (secondary N) is 2. The second-order valence-electron chi connectivity index (χ2n) is 4.83. The van der Waals surface area contributed by atoms with Crippen LogP contribution in [-0.2, 0) is 0 Å². The Kier molecular flexibility index (Phi) is 5.35. The quantitative estimate of drug-likeness (QED) is 0.789. The van der Waals surface area contributed by atoms with Gasteiger partial charge in [-0.2, -0.15) is 0 Å². The zero-order valence-electron chi connectivity index (χ0n) is 12.0. The van der Waals surface area contributed by atoms with Crippen LogP contribution < -0.4 is 10.6 Å². The normalized spacial score (nSPS) is 11.7. The molecule has 3 N–H and O–H groups in total. The highest BCUT2D eigenvalue weighted by molar-refractivity contribution is 5.89. The fourth-order valence-corrected chi connectivity index (χ4v) is 2.01. The van der Waals surface area contributed by atoms with Gasteiger partial charge in [0, 0.05) is 5.69 Å². The lowest BCUT2D eigenvalue weighted by Gasteiger charge is -2.14. The maximum atomic E-state index is 11.8.